The number of halogens is 1. The second-order valence-electron chi connectivity index (χ2n) is 6.89. The number of hydrogen-bond donors (Lipinski definition) is 2. The monoisotopic (exact) mass is 380 g/mol. The molecule has 2 N–H and O–H groups in total. The molecule has 0 aliphatic heterocycles. The summed E-state index contributed by atoms with van der Waals surface area (Å²) in [5, 5.41) is 10.4. The van der Waals surface area contributed by atoms with E-state index in [2.05, 4.69) is 15.5 Å². The molecular weight excluding hydrogens is 355 g/mol. The van der Waals surface area contributed by atoms with Crippen LogP contribution < -0.4 is 5.32 Å². The van der Waals surface area contributed by atoms with Crippen LogP contribution in [0.5, 0.6) is 0 Å². The summed E-state index contributed by atoms with van der Waals surface area (Å²) in [4.78, 5) is 14.0. The second kappa shape index (κ2) is 9.17. The third-order valence-corrected chi connectivity index (χ3v) is 4.70. The van der Waals surface area contributed by atoms with Gasteiger partial charge in [0.2, 0.25) is 0 Å². The number of carbonyl (C=O) groups is 1. The molecule has 2 amide bonds. The molecule has 0 saturated heterocycles. The average molecular weight is 380 g/mol. The fourth-order valence-electron chi connectivity index (χ4n) is 2.98. The molecule has 0 aliphatic carbocycles. The lowest BCUT2D eigenvalue weighted by atomic mass is 10.1. The molecule has 2 aromatic carbocycles. The van der Waals surface area contributed by atoms with Gasteiger partial charge in [0.25, 0.3) is 0 Å². The summed E-state index contributed by atoms with van der Waals surface area (Å²) in [6, 6.07) is 17.9. The minimum Gasteiger partial charge on any atom is -0.331 e. The maximum Gasteiger partial charge on any atom is 0.317 e. The van der Waals surface area contributed by atoms with Gasteiger partial charge in [0.1, 0.15) is 5.82 Å². The van der Waals surface area contributed by atoms with Crippen molar-refractivity contribution in [3.63, 3.8) is 0 Å². The molecule has 0 radical (unpaired) electrons. The maximum absolute atomic E-state index is 13.0. The Balaban J connectivity index is 1.45. The van der Waals surface area contributed by atoms with Crippen LogP contribution in [0.2, 0.25) is 0 Å². The summed E-state index contributed by atoms with van der Waals surface area (Å²) in [6.07, 6.45) is 1.64. The number of aromatic amines is 1. The molecule has 0 fully saturated rings. The number of aryl methyl sites for hydroxylation is 1. The van der Waals surface area contributed by atoms with Gasteiger partial charge in [0, 0.05) is 24.8 Å². The molecule has 0 unspecified atom stereocenters. The van der Waals surface area contributed by atoms with Gasteiger partial charge in [0.05, 0.1) is 11.7 Å². The molecule has 6 heteroatoms. The zero-order valence-electron chi connectivity index (χ0n) is 16.2. The Morgan fingerprint density at radius 3 is 2.61 bits per heavy atom. The molecule has 0 spiro atoms. The lowest BCUT2D eigenvalue weighted by Crippen LogP contribution is -2.39. The number of aromatic nitrogens is 2. The lowest BCUT2D eigenvalue weighted by molar-refractivity contribution is 0.205. The van der Waals surface area contributed by atoms with Crippen LogP contribution in [-0.4, -0.2) is 34.7 Å². The van der Waals surface area contributed by atoms with E-state index in [0.29, 0.717) is 6.54 Å². The molecule has 5 nitrogen and oxygen atoms in total. The van der Waals surface area contributed by atoms with Crippen molar-refractivity contribution in [1.82, 2.24) is 20.4 Å². The van der Waals surface area contributed by atoms with E-state index in [9.17, 15) is 9.18 Å². The van der Waals surface area contributed by atoms with E-state index < -0.39 is 0 Å². The van der Waals surface area contributed by atoms with Crippen LogP contribution in [0.4, 0.5) is 9.18 Å². The Morgan fingerprint density at radius 1 is 1.18 bits per heavy atom. The average Bonchev–Trinajstić information content (AvgIpc) is 3.18. The second-order valence-corrected chi connectivity index (χ2v) is 6.89. The number of hydrogen-bond acceptors (Lipinski definition) is 2. The first-order valence-corrected chi connectivity index (χ1v) is 9.40. The maximum atomic E-state index is 13.0. The largest absolute Gasteiger partial charge is 0.331 e. The first kappa shape index (κ1) is 19.6. The van der Waals surface area contributed by atoms with Crippen LogP contribution in [0.1, 0.15) is 30.6 Å². The fraction of sp³-hybridized carbons (Fsp3) is 0.273. The van der Waals surface area contributed by atoms with Gasteiger partial charge in [-0.1, -0.05) is 42.5 Å². The van der Waals surface area contributed by atoms with Crippen molar-refractivity contribution in [2.45, 2.75) is 25.8 Å². The van der Waals surface area contributed by atoms with Gasteiger partial charge in [-0.2, -0.15) is 5.10 Å². The quantitative estimate of drug-likeness (QED) is 0.632. The van der Waals surface area contributed by atoms with Crippen molar-refractivity contribution in [2.24, 2.45) is 0 Å². The minimum absolute atomic E-state index is 0.147. The molecule has 3 rings (SSSR count). The Morgan fingerprint density at radius 2 is 1.89 bits per heavy atom. The smallest absolute Gasteiger partial charge is 0.317 e. The zero-order valence-corrected chi connectivity index (χ0v) is 16.2. The number of rotatable bonds is 7. The number of H-pyrrole nitrogens is 1. The van der Waals surface area contributed by atoms with E-state index in [1.807, 2.05) is 43.3 Å². The molecule has 3 aromatic rings. The number of benzene rings is 2. The number of nitrogens with zero attached hydrogens (tertiary/aromatic N) is 2. The van der Waals surface area contributed by atoms with E-state index in [0.717, 1.165) is 35.4 Å². The molecule has 1 atom stereocenters. The molecule has 1 heterocycles. The molecule has 0 saturated carbocycles. The topological polar surface area (TPSA) is 61.0 Å². The van der Waals surface area contributed by atoms with Crippen LogP contribution in [0.15, 0.2) is 60.7 Å². The van der Waals surface area contributed by atoms with Gasteiger partial charge in [-0.05, 0) is 43.5 Å². The number of amides is 2. The number of urea groups is 1. The normalized spacial score (nSPS) is 11.8. The summed E-state index contributed by atoms with van der Waals surface area (Å²) in [6.45, 7) is 2.51. The van der Waals surface area contributed by atoms with Crippen molar-refractivity contribution in [2.75, 3.05) is 13.6 Å². The molecule has 146 valence electrons. The number of carbonyl (C=O) groups excluding carboxylic acids is 1. The summed E-state index contributed by atoms with van der Waals surface area (Å²) < 4.78 is 13.0. The van der Waals surface area contributed by atoms with Crippen LogP contribution in [0.3, 0.4) is 0 Å². The van der Waals surface area contributed by atoms with E-state index in [1.165, 1.54) is 12.1 Å². The third-order valence-electron chi connectivity index (χ3n) is 4.70. The zero-order chi connectivity index (χ0) is 19.9. The van der Waals surface area contributed by atoms with Gasteiger partial charge < -0.3 is 10.2 Å². The highest BCUT2D eigenvalue weighted by Crippen LogP contribution is 2.17. The molecule has 0 bridgehead atoms. The van der Waals surface area contributed by atoms with E-state index in [1.54, 1.807) is 24.1 Å². The first-order valence-electron chi connectivity index (χ1n) is 9.40. The van der Waals surface area contributed by atoms with Crippen LogP contribution in [0.25, 0.3) is 11.3 Å². The summed E-state index contributed by atoms with van der Waals surface area (Å²) >= 11 is 0. The standard InChI is InChI=1S/C22H25FN4O/c1-16(17-10-12-19(23)13-11-17)24-22(28)27(2)14-6-9-20-15-21(26-25-20)18-7-4-3-5-8-18/h3-5,7-8,10-13,15-16H,6,9,14H2,1-2H3,(H,24,28)(H,25,26)/t16-/m0/s1. The Kier molecular flexibility index (Phi) is 6.42. The highest BCUT2D eigenvalue weighted by atomic mass is 19.1. The number of nitrogens with one attached hydrogen (secondary N) is 2. The van der Waals surface area contributed by atoms with Crippen LogP contribution in [-0.2, 0) is 6.42 Å². The Bertz CT molecular complexity index is 892. The SMILES string of the molecule is C[C@H](NC(=O)N(C)CCCc1cc(-c2ccccc2)n[nH]1)c1ccc(F)cc1. The van der Waals surface area contributed by atoms with Crippen molar-refractivity contribution < 1.29 is 9.18 Å². The first-order chi connectivity index (χ1) is 13.5. The third kappa shape index (κ3) is 5.19. The van der Waals surface area contributed by atoms with Gasteiger partial charge in [-0.3, -0.25) is 5.10 Å². The predicted molar refractivity (Wildman–Crippen MR) is 108 cm³/mol. The predicted octanol–water partition coefficient (Wildman–Crippen LogP) is 4.55. The minimum atomic E-state index is -0.284. The Hall–Kier alpha value is -3.15. The summed E-state index contributed by atoms with van der Waals surface area (Å²) in [5.74, 6) is -0.284. The van der Waals surface area contributed by atoms with Gasteiger partial charge in [-0.25, -0.2) is 9.18 Å². The van der Waals surface area contributed by atoms with Gasteiger partial charge in [0.15, 0.2) is 0 Å². The molecule has 1 aromatic heterocycles. The molecule has 0 aliphatic rings. The van der Waals surface area contributed by atoms with Gasteiger partial charge >= 0.3 is 6.03 Å². The van der Waals surface area contributed by atoms with Crippen molar-refractivity contribution in [3.8, 4) is 11.3 Å². The van der Waals surface area contributed by atoms with Gasteiger partial charge in [-0.15, -0.1) is 0 Å². The lowest BCUT2D eigenvalue weighted by Gasteiger charge is -2.21. The molecule has 28 heavy (non-hydrogen) atoms. The molecular formula is C22H25FN4O. The van der Waals surface area contributed by atoms with Crippen molar-refractivity contribution in [3.05, 3.63) is 77.7 Å². The summed E-state index contributed by atoms with van der Waals surface area (Å²) in [5.41, 5.74) is 3.92. The van der Waals surface area contributed by atoms with Crippen LogP contribution in [0, 0.1) is 5.82 Å². The van der Waals surface area contributed by atoms with Crippen molar-refractivity contribution >= 4 is 6.03 Å². The van der Waals surface area contributed by atoms with E-state index >= 15 is 0 Å². The van der Waals surface area contributed by atoms with E-state index in [4.69, 9.17) is 0 Å². The fourth-order valence-corrected chi connectivity index (χ4v) is 2.98. The summed E-state index contributed by atoms with van der Waals surface area (Å²) in [7, 11) is 1.77. The highest BCUT2D eigenvalue weighted by molar-refractivity contribution is 5.74. The van der Waals surface area contributed by atoms with Crippen LogP contribution >= 0.6 is 0 Å². The highest BCUT2D eigenvalue weighted by Gasteiger charge is 2.13. The van der Waals surface area contributed by atoms with E-state index in [-0.39, 0.29) is 17.9 Å². The Labute approximate surface area is 164 Å². The van der Waals surface area contributed by atoms with Crippen molar-refractivity contribution in [1.29, 1.82) is 0 Å².